The number of hydrogen-bond donors (Lipinski definition) is 1. The fourth-order valence-corrected chi connectivity index (χ4v) is 4.88. The molecule has 3 rings (SSSR count). The number of ketones is 1. The Balaban J connectivity index is 1.96. The van der Waals surface area contributed by atoms with Crippen molar-refractivity contribution in [1.29, 1.82) is 0 Å². The quantitative estimate of drug-likeness (QED) is 0.262. The Labute approximate surface area is 175 Å². The molecule has 154 valence electrons. The number of halogens is 4. The average molecular weight is 518 g/mol. The summed E-state index contributed by atoms with van der Waals surface area (Å²) < 4.78 is 49.0. The third-order valence-corrected chi connectivity index (χ3v) is 6.78. The number of Topliss-reactive ketones (excluding diaryl/α,β-unsaturated/α-hetero) is 1. The van der Waals surface area contributed by atoms with Crippen molar-refractivity contribution in [1.82, 2.24) is 4.98 Å². The molecule has 0 aliphatic carbocycles. The summed E-state index contributed by atoms with van der Waals surface area (Å²) in [6, 6.07) is 6.81. The third-order valence-electron chi connectivity index (χ3n) is 4.90. The van der Waals surface area contributed by atoms with Crippen molar-refractivity contribution < 1.29 is 27.5 Å². The van der Waals surface area contributed by atoms with Gasteiger partial charge in [-0.1, -0.05) is 19.9 Å². The molecule has 0 bridgehead atoms. The highest BCUT2D eigenvalue weighted by Crippen LogP contribution is 2.36. The lowest BCUT2D eigenvalue weighted by molar-refractivity contribution is -0.141. The summed E-state index contributed by atoms with van der Waals surface area (Å²) >= 11 is -0.348. The van der Waals surface area contributed by atoms with Crippen molar-refractivity contribution in [3.05, 3.63) is 58.4 Å². The topological polar surface area (TPSA) is 68.3 Å². The summed E-state index contributed by atoms with van der Waals surface area (Å²) in [6.45, 7) is 3.39. The van der Waals surface area contributed by atoms with Crippen molar-refractivity contribution in [2.75, 3.05) is 10.6 Å². The maximum atomic E-state index is 12.9. The molecule has 2 atom stereocenters. The molecule has 1 N–H and O–H groups in total. The van der Waals surface area contributed by atoms with E-state index in [1.807, 2.05) is 6.07 Å². The molecule has 1 unspecified atom stereocenters. The van der Waals surface area contributed by atoms with E-state index in [9.17, 15) is 22.8 Å². The lowest BCUT2D eigenvalue weighted by atomic mass is 9.82. The third kappa shape index (κ3) is 4.34. The molecule has 0 fully saturated rings. The maximum Gasteiger partial charge on any atom is 0.433 e. The fraction of sp³-hybridized carbons (Fsp3) is 0.300. The summed E-state index contributed by atoms with van der Waals surface area (Å²) in [4.78, 5) is 28.6. The number of fused-ring (bicyclic) bond motifs is 1. The molecule has 1 aromatic carbocycles. The molecular weight excluding hydrogens is 500 g/mol. The van der Waals surface area contributed by atoms with E-state index < -0.39 is 35.5 Å². The van der Waals surface area contributed by atoms with Gasteiger partial charge in [0.05, 0.1) is 18.4 Å². The SMILES string of the molecule is COC(=O)c1cc2c(cc1[C@@H](C)C(C)C(=O)c1cccc(C(F)(F)F)n1)C=IN2. The zero-order chi connectivity index (χ0) is 21.3. The molecule has 2 heterocycles. The molecule has 0 spiro atoms. The van der Waals surface area contributed by atoms with Gasteiger partial charge in [0.25, 0.3) is 0 Å². The molecule has 0 saturated carbocycles. The van der Waals surface area contributed by atoms with Crippen LogP contribution in [0.5, 0.6) is 0 Å². The molecule has 1 aromatic heterocycles. The molecule has 1 aliphatic rings. The zero-order valence-electron chi connectivity index (χ0n) is 15.8. The molecule has 0 saturated heterocycles. The summed E-state index contributed by atoms with van der Waals surface area (Å²) in [5, 5.41) is 0. The van der Waals surface area contributed by atoms with Gasteiger partial charge in [-0.3, -0.25) is 4.79 Å². The van der Waals surface area contributed by atoms with Gasteiger partial charge in [-0.2, -0.15) is 13.2 Å². The zero-order valence-corrected chi connectivity index (χ0v) is 18.0. The van der Waals surface area contributed by atoms with Gasteiger partial charge in [0, 0.05) is 11.5 Å². The first-order valence-electron chi connectivity index (χ1n) is 8.69. The minimum absolute atomic E-state index is 0.251. The molecule has 1 aliphatic heterocycles. The summed E-state index contributed by atoms with van der Waals surface area (Å²) in [7, 11) is 1.28. The summed E-state index contributed by atoms with van der Waals surface area (Å²) in [5.74, 6) is -2.19. The van der Waals surface area contributed by atoms with Gasteiger partial charge >= 0.3 is 12.1 Å². The number of hydrogen-bond acceptors (Lipinski definition) is 5. The van der Waals surface area contributed by atoms with Gasteiger partial charge in [0.2, 0.25) is 0 Å². The number of nitrogens with zero attached hydrogens (tertiary/aromatic N) is 1. The van der Waals surface area contributed by atoms with Crippen LogP contribution in [-0.4, -0.2) is 27.9 Å². The lowest BCUT2D eigenvalue weighted by Crippen LogP contribution is -2.22. The van der Waals surface area contributed by atoms with Crippen LogP contribution >= 0.6 is 21.0 Å². The fourth-order valence-electron chi connectivity index (χ4n) is 3.07. The second-order valence-electron chi connectivity index (χ2n) is 6.68. The van der Waals surface area contributed by atoms with E-state index in [0.29, 0.717) is 11.1 Å². The number of rotatable bonds is 5. The minimum Gasteiger partial charge on any atom is -0.465 e. The first kappa shape index (κ1) is 21.4. The predicted molar refractivity (Wildman–Crippen MR) is 112 cm³/mol. The van der Waals surface area contributed by atoms with Gasteiger partial charge in [0.15, 0.2) is 5.78 Å². The van der Waals surface area contributed by atoms with E-state index in [2.05, 4.69) is 12.5 Å². The highest BCUT2D eigenvalue weighted by atomic mass is 127. The van der Waals surface area contributed by atoms with Crippen LogP contribution in [0, 0.1) is 5.92 Å². The van der Waals surface area contributed by atoms with Crippen LogP contribution in [0.1, 0.15) is 57.4 Å². The average Bonchev–Trinajstić information content (AvgIpc) is 3.17. The van der Waals surface area contributed by atoms with Crippen molar-refractivity contribution in [3.63, 3.8) is 0 Å². The molecule has 29 heavy (non-hydrogen) atoms. The van der Waals surface area contributed by atoms with E-state index in [4.69, 9.17) is 4.74 Å². The number of anilines is 1. The van der Waals surface area contributed by atoms with Crippen molar-refractivity contribution in [2.24, 2.45) is 5.92 Å². The van der Waals surface area contributed by atoms with Crippen LogP contribution in [-0.2, 0) is 10.9 Å². The highest BCUT2D eigenvalue weighted by Gasteiger charge is 2.34. The number of ether oxygens (including phenoxy) is 1. The summed E-state index contributed by atoms with van der Waals surface area (Å²) in [5.41, 5.74) is 1.38. The summed E-state index contributed by atoms with van der Waals surface area (Å²) in [6.07, 6.45) is -4.63. The van der Waals surface area contributed by atoms with E-state index in [0.717, 1.165) is 17.3 Å². The van der Waals surface area contributed by atoms with Crippen LogP contribution in [0.3, 0.4) is 0 Å². The predicted octanol–water partition coefficient (Wildman–Crippen LogP) is 4.97. The Hall–Kier alpha value is -2.30. The Kier molecular flexibility index (Phi) is 6.06. The van der Waals surface area contributed by atoms with Crippen LogP contribution in [0.2, 0.25) is 0 Å². The second kappa shape index (κ2) is 8.21. The number of carbonyl (C=O) groups is 2. The van der Waals surface area contributed by atoms with E-state index in [1.54, 1.807) is 19.9 Å². The standard InChI is InChI=1S/C20H18F3IN2O3/c1-10(11(2)18(27)15-5-4-6-17(25-15)20(21,22)23)13-7-12-9-24-26-16(12)8-14(13)19(28)29-3/h4-11,26H,1-3H3/t10-,11?/m0/s1. The van der Waals surface area contributed by atoms with Gasteiger partial charge < -0.3 is 8.27 Å². The highest BCUT2D eigenvalue weighted by molar-refractivity contribution is 14.2. The van der Waals surface area contributed by atoms with Crippen LogP contribution in [0.15, 0.2) is 30.3 Å². The van der Waals surface area contributed by atoms with Crippen LogP contribution in [0.4, 0.5) is 18.9 Å². The van der Waals surface area contributed by atoms with Crippen molar-refractivity contribution in [3.8, 4) is 0 Å². The van der Waals surface area contributed by atoms with Gasteiger partial charge in [-0.15, -0.1) is 0 Å². The number of methoxy groups -OCH3 is 1. The van der Waals surface area contributed by atoms with Crippen molar-refractivity contribution in [2.45, 2.75) is 25.9 Å². The Bertz CT molecular complexity index is 1000. The monoisotopic (exact) mass is 518 g/mol. The number of benzene rings is 1. The largest absolute Gasteiger partial charge is 0.465 e. The molecule has 2 aromatic rings. The molecular formula is C20H18F3IN2O3. The Morgan fingerprint density at radius 2 is 1.93 bits per heavy atom. The van der Waals surface area contributed by atoms with Gasteiger partial charge in [-0.05, 0) is 60.8 Å². The minimum atomic E-state index is -4.63. The molecule has 0 amide bonds. The van der Waals surface area contributed by atoms with Crippen LogP contribution in [0.25, 0.3) is 0 Å². The normalized spacial score (nSPS) is 15.0. The van der Waals surface area contributed by atoms with E-state index in [1.165, 1.54) is 19.2 Å². The number of pyridine rings is 1. The van der Waals surface area contributed by atoms with E-state index >= 15 is 0 Å². The Morgan fingerprint density at radius 1 is 1.21 bits per heavy atom. The number of nitrogens with one attached hydrogen (secondary N) is 1. The number of carbonyl (C=O) groups excluding carboxylic acids is 2. The first-order valence-corrected chi connectivity index (χ1v) is 11.0. The number of aromatic nitrogens is 1. The molecule has 5 nitrogen and oxygen atoms in total. The van der Waals surface area contributed by atoms with Gasteiger partial charge in [0.1, 0.15) is 11.4 Å². The molecule has 0 radical (unpaired) electrons. The Morgan fingerprint density at radius 3 is 2.59 bits per heavy atom. The lowest BCUT2D eigenvalue weighted by Gasteiger charge is -2.22. The molecule has 9 heteroatoms. The second-order valence-corrected chi connectivity index (χ2v) is 8.46. The maximum absolute atomic E-state index is 12.9. The van der Waals surface area contributed by atoms with Crippen LogP contribution < -0.4 is 3.53 Å². The van der Waals surface area contributed by atoms with Gasteiger partial charge in [-0.25, -0.2) is 9.78 Å². The smallest absolute Gasteiger partial charge is 0.433 e. The first-order chi connectivity index (χ1) is 13.6. The number of alkyl halides is 3. The number of esters is 1. The van der Waals surface area contributed by atoms with E-state index in [-0.39, 0.29) is 26.7 Å². The van der Waals surface area contributed by atoms with Crippen molar-refractivity contribution >= 4 is 42.5 Å².